The van der Waals surface area contributed by atoms with E-state index in [9.17, 15) is 9.59 Å². The number of nitrogens with zero attached hydrogens (tertiary/aromatic N) is 1. The molecule has 0 aliphatic rings. The summed E-state index contributed by atoms with van der Waals surface area (Å²) in [6, 6.07) is 7.52. The van der Waals surface area contributed by atoms with Crippen LogP contribution in [-0.2, 0) is 0 Å². The molecule has 0 amide bonds. The third-order valence-corrected chi connectivity index (χ3v) is 2.50. The minimum absolute atomic E-state index is 0.338. The van der Waals surface area contributed by atoms with Crippen LogP contribution < -0.4 is 11.2 Å². The lowest BCUT2D eigenvalue weighted by Gasteiger charge is -2.08. The van der Waals surface area contributed by atoms with Crippen LogP contribution in [0.5, 0.6) is 0 Å². The fourth-order valence-electron chi connectivity index (χ4n) is 1.58. The van der Waals surface area contributed by atoms with Crippen molar-refractivity contribution >= 4 is 0 Å². The highest BCUT2D eigenvalue weighted by Crippen LogP contribution is 2.10. The van der Waals surface area contributed by atoms with Gasteiger partial charge in [-0.25, -0.2) is 4.79 Å². The highest BCUT2D eigenvalue weighted by molar-refractivity contribution is 5.40. The number of para-hydroxylation sites is 1. The van der Waals surface area contributed by atoms with Gasteiger partial charge in [-0.2, -0.15) is 0 Å². The van der Waals surface area contributed by atoms with Crippen molar-refractivity contribution in [2.75, 3.05) is 0 Å². The molecular weight excluding hydrogens is 204 g/mol. The van der Waals surface area contributed by atoms with Gasteiger partial charge in [-0.3, -0.25) is 14.3 Å². The van der Waals surface area contributed by atoms with E-state index in [2.05, 4.69) is 4.98 Å². The largest absolute Gasteiger partial charge is 0.332 e. The SMILES string of the molecule is Cc1ccccc1-n1cc(C)c(=O)[nH]c1=O. The Morgan fingerprint density at radius 1 is 1.06 bits per heavy atom. The van der Waals surface area contributed by atoms with Gasteiger partial charge in [0.15, 0.2) is 0 Å². The van der Waals surface area contributed by atoms with Crippen LogP contribution in [0.3, 0.4) is 0 Å². The third-order valence-electron chi connectivity index (χ3n) is 2.50. The van der Waals surface area contributed by atoms with Crippen molar-refractivity contribution in [3.05, 3.63) is 62.4 Å². The van der Waals surface area contributed by atoms with Gasteiger partial charge in [-0.05, 0) is 25.5 Å². The number of hydrogen-bond acceptors (Lipinski definition) is 2. The fourth-order valence-corrected chi connectivity index (χ4v) is 1.58. The molecule has 2 rings (SSSR count). The van der Waals surface area contributed by atoms with Gasteiger partial charge in [0.1, 0.15) is 0 Å². The highest BCUT2D eigenvalue weighted by atomic mass is 16.2. The van der Waals surface area contributed by atoms with Gasteiger partial charge in [0.25, 0.3) is 5.56 Å². The summed E-state index contributed by atoms with van der Waals surface area (Å²) in [5, 5.41) is 0. The topological polar surface area (TPSA) is 54.9 Å². The predicted molar refractivity (Wildman–Crippen MR) is 62.1 cm³/mol. The Bertz CT molecular complexity index is 638. The Kier molecular flexibility index (Phi) is 2.48. The molecule has 0 bridgehead atoms. The molecule has 82 valence electrons. The van der Waals surface area contributed by atoms with Crippen LogP contribution in [-0.4, -0.2) is 9.55 Å². The summed E-state index contributed by atoms with van der Waals surface area (Å²) in [6.07, 6.45) is 1.56. The van der Waals surface area contributed by atoms with Crippen molar-refractivity contribution in [3.63, 3.8) is 0 Å². The molecule has 16 heavy (non-hydrogen) atoms. The fraction of sp³-hybridized carbons (Fsp3) is 0.167. The maximum Gasteiger partial charge on any atom is 0.332 e. The van der Waals surface area contributed by atoms with E-state index in [0.717, 1.165) is 11.3 Å². The van der Waals surface area contributed by atoms with Crippen LogP contribution >= 0.6 is 0 Å². The first-order valence-electron chi connectivity index (χ1n) is 4.98. The molecule has 0 saturated heterocycles. The molecule has 1 aromatic heterocycles. The van der Waals surface area contributed by atoms with Gasteiger partial charge in [-0.15, -0.1) is 0 Å². The Hall–Kier alpha value is -2.10. The van der Waals surface area contributed by atoms with Gasteiger partial charge in [0.2, 0.25) is 0 Å². The van der Waals surface area contributed by atoms with Crippen molar-refractivity contribution in [2.24, 2.45) is 0 Å². The first kappa shape index (κ1) is 10.4. The number of nitrogens with one attached hydrogen (secondary N) is 1. The highest BCUT2D eigenvalue weighted by Gasteiger charge is 2.04. The van der Waals surface area contributed by atoms with Gasteiger partial charge >= 0.3 is 5.69 Å². The number of benzene rings is 1. The number of aryl methyl sites for hydroxylation is 2. The zero-order valence-electron chi connectivity index (χ0n) is 9.15. The zero-order chi connectivity index (χ0) is 11.7. The van der Waals surface area contributed by atoms with Crippen molar-refractivity contribution in [1.82, 2.24) is 9.55 Å². The van der Waals surface area contributed by atoms with E-state index in [4.69, 9.17) is 0 Å². The van der Waals surface area contributed by atoms with Gasteiger partial charge < -0.3 is 0 Å². The Balaban J connectivity index is 2.75. The van der Waals surface area contributed by atoms with Crippen molar-refractivity contribution < 1.29 is 0 Å². The number of H-pyrrole nitrogens is 1. The molecule has 4 heteroatoms. The molecule has 0 unspecified atom stereocenters. The molecule has 0 aliphatic heterocycles. The number of aromatic nitrogens is 2. The first-order valence-corrected chi connectivity index (χ1v) is 4.98. The Labute approximate surface area is 92.2 Å². The second-order valence-electron chi connectivity index (χ2n) is 3.73. The maximum absolute atomic E-state index is 11.7. The molecule has 0 atom stereocenters. The molecule has 0 aliphatic carbocycles. The van der Waals surface area contributed by atoms with E-state index in [-0.39, 0.29) is 5.56 Å². The summed E-state index contributed by atoms with van der Waals surface area (Å²) in [4.78, 5) is 25.2. The molecule has 1 aromatic carbocycles. The minimum atomic E-state index is -0.412. The van der Waals surface area contributed by atoms with Crippen LogP contribution in [0.1, 0.15) is 11.1 Å². The molecule has 0 fully saturated rings. The van der Waals surface area contributed by atoms with E-state index < -0.39 is 5.69 Å². The lowest BCUT2D eigenvalue weighted by molar-refractivity contribution is 0.874. The summed E-state index contributed by atoms with van der Waals surface area (Å²) >= 11 is 0. The second kappa shape index (κ2) is 3.81. The average Bonchev–Trinajstić information content (AvgIpc) is 2.25. The van der Waals surface area contributed by atoms with E-state index in [0.29, 0.717) is 5.56 Å². The molecule has 1 heterocycles. The summed E-state index contributed by atoms with van der Waals surface area (Å²) in [5.74, 6) is 0. The Morgan fingerprint density at radius 2 is 1.75 bits per heavy atom. The van der Waals surface area contributed by atoms with Crippen LogP contribution in [0.4, 0.5) is 0 Å². The van der Waals surface area contributed by atoms with Crippen LogP contribution in [0.15, 0.2) is 40.1 Å². The predicted octanol–water partition coefficient (Wildman–Crippen LogP) is 1.14. The van der Waals surface area contributed by atoms with Crippen LogP contribution in [0.25, 0.3) is 5.69 Å². The molecule has 1 N–H and O–H groups in total. The van der Waals surface area contributed by atoms with Crippen molar-refractivity contribution in [3.8, 4) is 5.69 Å². The van der Waals surface area contributed by atoms with Gasteiger partial charge in [0, 0.05) is 11.8 Å². The first-order chi connectivity index (χ1) is 7.59. The number of hydrogen-bond donors (Lipinski definition) is 1. The van der Waals surface area contributed by atoms with Crippen LogP contribution in [0, 0.1) is 13.8 Å². The third kappa shape index (κ3) is 1.69. The smallest absolute Gasteiger partial charge is 0.273 e. The lowest BCUT2D eigenvalue weighted by atomic mass is 10.2. The molecule has 0 spiro atoms. The average molecular weight is 216 g/mol. The van der Waals surface area contributed by atoms with Crippen molar-refractivity contribution in [1.29, 1.82) is 0 Å². The standard InChI is InChI=1S/C12H12N2O2/c1-8-5-3-4-6-10(8)14-7-9(2)11(15)13-12(14)16/h3-7H,1-2H3,(H,13,15,16). The molecular formula is C12H12N2O2. The Morgan fingerprint density at radius 3 is 2.44 bits per heavy atom. The van der Waals surface area contributed by atoms with E-state index in [1.807, 2.05) is 31.2 Å². The molecule has 0 saturated carbocycles. The van der Waals surface area contributed by atoms with Gasteiger partial charge in [0.05, 0.1) is 5.69 Å². The van der Waals surface area contributed by atoms with E-state index in [1.165, 1.54) is 4.57 Å². The minimum Gasteiger partial charge on any atom is -0.273 e. The summed E-state index contributed by atoms with van der Waals surface area (Å²) in [7, 11) is 0. The number of aromatic amines is 1. The monoisotopic (exact) mass is 216 g/mol. The molecule has 4 nitrogen and oxygen atoms in total. The zero-order valence-corrected chi connectivity index (χ0v) is 9.15. The van der Waals surface area contributed by atoms with Crippen LogP contribution in [0.2, 0.25) is 0 Å². The van der Waals surface area contributed by atoms with Gasteiger partial charge in [-0.1, -0.05) is 18.2 Å². The lowest BCUT2D eigenvalue weighted by Crippen LogP contribution is -2.30. The maximum atomic E-state index is 11.7. The van der Waals surface area contributed by atoms with E-state index in [1.54, 1.807) is 13.1 Å². The normalized spacial score (nSPS) is 10.4. The summed E-state index contributed by atoms with van der Waals surface area (Å²) in [5.41, 5.74) is 1.53. The van der Waals surface area contributed by atoms with Crippen molar-refractivity contribution in [2.45, 2.75) is 13.8 Å². The summed E-state index contributed by atoms with van der Waals surface area (Å²) in [6.45, 7) is 3.59. The summed E-state index contributed by atoms with van der Waals surface area (Å²) < 4.78 is 1.45. The second-order valence-corrected chi connectivity index (χ2v) is 3.73. The quantitative estimate of drug-likeness (QED) is 0.777. The number of rotatable bonds is 1. The molecule has 2 aromatic rings. The molecule has 0 radical (unpaired) electrons. The van der Waals surface area contributed by atoms with E-state index >= 15 is 0 Å².